The van der Waals surface area contributed by atoms with Gasteiger partial charge in [0.15, 0.2) is 10.8 Å². The van der Waals surface area contributed by atoms with Crippen LogP contribution in [0.4, 0.5) is 5.95 Å². The third-order valence-electron chi connectivity index (χ3n) is 3.85. The lowest BCUT2D eigenvalue weighted by Gasteiger charge is -2.15. The van der Waals surface area contributed by atoms with E-state index in [1.807, 2.05) is 6.92 Å². The fraction of sp³-hybridized carbons (Fsp3) is 0.267. The van der Waals surface area contributed by atoms with Gasteiger partial charge >= 0.3 is 5.69 Å². The number of hydrogen-bond acceptors (Lipinski definition) is 6. The molecule has 0 radical (unpaired) electrons. The van der Waals surface area contributed by atoms with Crippen LogP contribution in [0, 0.1) is 6.92 Å². The Morgan fingerprint density at radius 1 is 1.28 bits per heavy atom. The number of aromatic amines is 1. The van der Waals surface area contributed by atoms with Crippen LogP contribution < -0.4 is 20.9 Å². The van der Waals surface area contributed by atoms with E-state index in [0.717, 1.165) is 5.56 Å². The number of anilines is 1. The Kier molecular flexibility index (Phi) is 4.49. The van der Waals surface area contributed by atoms with Crippen molar-refractivity contribution in [3.05, 3.63) is 37.9 Å². The zero-order valence-corrected chi connectivity index (χ0v) is 15.2. The maximum absolute atomic E-state index is 12.3. The van der Waals surface area contributed by atoms with Crippen LogP contribution in [0.2, 0.25) is 10.2 Å². The van der Waals surface area contributed by atoms with Crippen molar-refractivity contribution in [1.29, 1.82) is 0 Å². The molecule has 0 aliphatic rings. The van der Waals surface area contributed by atoms with Gasteiger partial charge in [-0.1, -0.05) is 23.2 Å². The highest BCUT2D eigenvalue weighted by Gasteiger charge is 2.19. The SMILES string of the molecule is COc1cc(Cn2c(=O)[nH]c3c(Cl)nc(N)nc32)c(Cl)c(OC)c1C. The van der Waals surface area contributed by atoms with Crippen molar-refractivity contribution >= 4 is 40.3 Å². The van der Waals surface area contributed by atoms with E-state index in [9.17, 15) is 4.79 Å². The molecular formula is C15H15Cl2N5O3. The van der Waals surface area contributed by atoms with Crippen molar-refractivity contribution in [2.24, 2.45) is 0 Å². The number of aromatic nitrogens is 4. The summed E-state index contributed by atoms with van der Waals surface area (Å²) in [6.07, 6.45) is 0. The molecule has 0 aliphatic carbocycles. The lowest BCUT2D eigenvalue weighted by atomic mass is 10.1. The first-order chi connectivity index (χ1) is 11.9. The molecular weight excluding hydrogens is 369 g/mol. The monoisotopic (exact) mass is 383 g/mol. The number of methoxy groups -OCH3 is 2. The Hall–Kier alpha value is -2.45. The lowest BCUT2D eigenvalue weighted by Crippen LogP contribution is -2.18. The predicted octanol–water partition coefficient (Wildman–Crippen LogP) is 2.38. The molecule has 2 heterocycles. The summed E-state index contributed by atoms with van der Waals surface area (Å²) < 4.78 is 12.1. The average molecular weight is 384 g/mol. The molecule has 3 aromatic rings. The number of fused-ring (bicyclic) bond motifs is 1. The van der Waals surface area contributed by atoms with Crippen LogP contribution in [0.3, 0.4) is 0 Å². The molecule has 3 rings (SSSR count). The van der Waals surface area contributed by atoms with Gasteiger partial charge in [-0.25, -0.2) is 4.79 Å². The number of benzene rings is 1. The molecule has 2 aromatic heterocycles. The smallest absolute Gasteiger partial charge is 0.328 e. The van der Waals surface area contributed by atoms with E-state index in [2.05, 4.69) is 15.0 Å². The number of nitrogens with zero attached hydrogens (tertiary/aromatic N) is 3. The Morgan fingerprint density at radius 3 is 2.64 bits per heavy atom. The van der Waals surface area contributed by atoms with Crippen LogP contribution in [0.5, 0.6) is 11.5 Å². The van der Waals surface area contributed by atoms with Crippen LogP contribution in [0.25, 0.3) is 11.2 Å². The second-order valence-electron chi connectivity index (χ2n) is 5.30. The number of hydrogen-bond donors (Lipinski definition) is 2. The van der Waals surface area contributed by atoms with E-state index in [1.54, 1.807) is 13.2 Å². The molecule has 0 unspecified atom stereocenters. The summed E-state index contributed by atoms with van der Waals surface area (Å²) in [5.74, 6) is 1.04. The number of ether oxygens (including phenoxy) is 2. The van der Waals surface area contributed by atoms with Gasteiger partial charge in [-0.3, -0.25) is 4.57 Å². The van der Waals surface area contributed by atoms with Gasteiger partial charge in [0, 0.05) is 5.56 Å². The fourth-order valence-electron chi connectivity index (χ4n) is 2.65. The molecule has 1 aromatic carbocycles. The number of nitrogens with two attached hydrogens (primary N) is 1. The molecule has 0 saturated carbocycles. The molecule has 10 heteroatoms. The highest BCUT2D eigenvalue weighted by Crippen LogP contribution is 2.38. The van der Waals surface area contributed by atoms with Crippen LogP contribution in [0.15, 0.2) is 10.9 Å². The summed E-state index contributed by atoms with van der Waals surface area (Å²) in [6, 6.07) is 1.75. The third kappa shape index (κ3) is 2.87. The van der Waals surface area contributed by atoms with Crippen molar-refractivity contribution in [3.63, 3.8) is 0 Å². The zero-order valence-electron chi connectivity index (χ0n) is 13.7. The molecule has 0 bridgehead atoms. The molecule has 3 N–H and O–H groups in total. The van der Waals surface area contributed by atoms with Crippen LogP contribution in [-0.2, 0) is 6.54 Å². The molecule has 0 fully saturated rings. The summed E-state index contributed by atoms with van der Waals surface area (Å²) in [4.78, 5) is 22.9. The Balaban J connectivity index is 2.20. The number of nitrogen functional groups attached to an aromatic ring is 1. The fourth-order valence-corrected chi connectivity index (χ4v) is 3.20. The summed E-state index contributed by atoms with van der Waals surface area (Å²) in [5, 5.41) is 0.457. The standard InChI is InChI=1S/C15H15Cl2N5O3/c1-6-8(24-2)4-7(9(16)11(6)25-3)5-22-13-10(19-15(22)23)12(17)20-14(18)21-13/h4H,5H2,1-3H3,(H,19,23)(H2,18,20,21). The van der Waals surface area contributed by atoms with Crippen molar-refractivity contribution in [3.8, 4) is 11.5 Å². The molecule has 0 amide bonds. The minimum absolute atomic E-state index is 0.0320. The number of H-pyrrole nitrogens is 1. The highest BCUT2D eigenvalue weighted by atomic mass is 35.5. The molecule has 8 nitrogen and oxygen atoms in total. The van der Waals surface area contributed by atoms with E-state index in [4.69, 9.17) is 38.4 Å². The Bertz CT molecular complexity index is 1030. The van der Waals surface area contributed by atoms with Gasteiger partial charge in [-0.2, -0.15) is 9.97 Å². The third-order valence-corrected chi connectivity index (χ3v) is 4.53. The van der Waals surface area contributed by atoms with Gasteiger partial charge in [0.05, 0.1) is 25.8 Å². The lowest BCUT2D eigenvalue weighted by molar-refractivity contribution is 0.388. The van der Waals surface area contributed by atoms with Crippen molar-refractivity contribution in [2.75, 3.05) is 20.0 Å². The van der Waals surface area contributed by atoms with E-state index in [1.165, 1.54) is 11.7 Å². The van der Waals surface area contributed by atoms with Crippen LogP contribution in [0.1, 0.15) is 11.1 Å². The molecule has 0 aliphatic heterocycles. The summed E-state index contributed by atoms with van der Waals surface area (Å²) >= 11 is 12.5. The minimum Gasteiger partial charge on any atom is -0.496 e. The van der Waals surface area contributed by atoms with Gasteiger partial charge < -0.3 is 20.2 Å². The first kappa shape index (κ1) is 17.4. The largest absolute Gasteiger partial charge is 0.496 e. The van der Waals surface area contributed by atoms with Gasteiger partial charge in [0.1, 0.15) is 17.0 Å². The first-order valence-corrected chi connectivity index (χ1v) is 7.94. The molecule has 25 heavy (non-hydrogen) atoms. The van der Waals surface area contributed by atoms with E-state index < -0.39 is 5.69 Å². The molecule has 0 atom stereocenters. The summed E-state index contributed by atoms with van der Waals surface area (Å²) in [6.45, 7) is 1.95. The van der Waals surface area contributed by atoms with Gasteiger partial charge in [-0.05, 0) is 18.6 Å². The average Bonchev–Trinajstić information content (AvgIpc) is 2.87. The normalized spacial score (nSPS) is 11.1. The van der Waals surface area contributed by atoms with Gasteiger partial charge in [-0.15, -0.1) is 0 Å². The Morgan fingerprint density at radius 2 is 2.00 bits per heavy atom. The number of rotatable bonds is 4. The second kappa shape index (κ2) is 6.45. The maximum Gasteiger partial charge on any atom is 0.328 e. The number of nitrogens with one attached hydrogen (secondary N) is 1. The van der Waals surface area contributed by atoms with Crippen LogP contribution in [-0.4, -0.2) is 33.7 Å². The predicted molar refractivity (Wildman–Crippen MR) is 96.0 cm³/mol. The zero-order chi connectivity index (χ0) is 18.3. The number of halogens is 2. The molecule has 132 valence electrons. The van der Waals surface area contributed by atoms with E-state index >= 15 is 0 Å². The van der Waals surface area contributed by atoms with Crippen molar-refractivity contribution in [2.45, 2.75) is 13.5 Å². The van der Waals surface area contributed by atoms with E-state index in [-0.39, 0.29) is 23.3 Å². The second-order valence-corrected chi connectivity index (χ2v) is 6.03. The van der Waals surface area contributed by atoms with Crippen LogP contribution >= 0.6 is 23.2 Å². The summed E-state index contributed by atoms with van der Waals surface area (Å²) in [5.41, 5.74) is 7.21. The van der Waals surface area contributed by atoms with Crippen molar-refractivity contribution in [1.82, 2.24) is 19.5 Å². The molecule has 0 saturated heterocycles. The summed E-state index contributed by atoms with van der Waals surface area (Å²) in [7, 11) is 3.06. The van der Waals surface area contributed by atoms with E-state index in [0.29, 0.717) is 27.6 Å². The highest BCUT2D eigenvalue weighted by molar-refractivity contribution is 6.33. The first-order valence-electron chi connectivity index (χ1n) is 7.18. The molecule has 0 spiro atoms. The van der Waals surface area contributed by atoms with Gasteiger partial charge in [0.25, 0.3) is 0 Å². The van der Waals surface area contributed by atoms with Crippen molar-refractivity contribution < 1.29 is 9.47 Å². The number of imidazole rings is 1. The maximum atomic E-state index is 12.3. The van der Waals surface area contributed by atoms with Gasteiger partial charge in [0.2, 0.25) is 5.95 Å². The quantitative estimate of drug-likeness (QED) is 0.669. The Labute approximate surface area is 152 Å². The minimum atomic E-state index is -0.411. The topological polar surface area (TPSA) is 108 Å².